The van der Waals surface area contributed by atoms with Gasteiger partial charge in [-0.15, -0.1) is 0 Å². The van der Waals surface area contributed by atoms with Gasteiger partial charge in [0.05, 0.1) is 32.2 Å². The largest absolute Gasteiger partial charge is 0 e. The zero-order valence-corrected chi connectivity index (χ0v) is 32.9. The molecule has 6 rings (SSSR count). The third-order valence-electron chi connectivity index (χ3n) is 7.31. The van der Waals surface area contributed by atoms with Gasteiger partial charge in [-0.05, 0) is 106 Å². The van der Waals surface area contributed by atoms with Crippen molar-refractivity contribution >= 4 is 61.2 Å². The van der Waals surface area contributed by atoms with Crippen LogP contribution in [0.4, 0.5) is 0 Å². The van der Waals surface area contributed by atoms with Crippen LogP contribution in [0.15, 0.2) is 138 Å². The maximum absolute atomic E-state index is 13.5. The van der Waals surface area contributed by atoms with Gasteiger partial charge in [0.25, 0.3) is 0 Å². The Kier molecular flexibility index (Phi) is 20.4. The van der Waals surface area contributed by atoms with Crippen molar-refractivity contribution in [1.82, 2.24) is 0 Å². The summed E-state index contributed by atoms with van der Waals surface area (Å²) in [7, 11) is 5.77. The van der Waals surface area contributed by atoms with E-state index in [1.807, 2.05) is 82.9 Å². The van der Waals surface area contributed by atoms with E-state index in [2.05, 4.69) is 109 Å². The van der Waals surface area contributed by atoms with Crippen LogP contribution in [0.3, 0.4) is 0 Å². The number of allylic oxidation sites excluding steroid dienone is 1. The van der Waals surface area contributed by atoms with E-state index in [0.717, 1.165) is 22.4 Å². The second kappa shape index (κ2) is 23.9. The van der Waals surface area contributed by atoms with Gasteiger partial charge in [-0.2, -0.15) is 0 Å². The predicted molar refractivity (Wildman–Crippen MR) is 205 cm³/mol. The first-order valence-corrected chi connectivity index (χ1v) is 23.0. The first-order valence-electron chi connectivity index (χ1n) is 15.4. The average molecular weight is 860 g/mol. The molecule has 0 spiro atoms. The van der Waals surface area contributed by atoms with E-state index in [0.29, 0.717) is 5.70 Å². The van der Waals surface area contributed by atoms with Gasteiger partial charge in [-0.3, -0.25) is 0 Å². The van der Waals surface area contributed by atoms with Gasteiger partial charge < -0.3 is 4.74 Å². The first kappa shape index (κ1) is 41.9. The number of rotatable bonds is 10. The molecule has 49 heavy (non-hydrogen) atoms. The van der Waals surface area contributed by atoms with Crippen LogP contribution in [-0.4, -0.2) is 18.5 Å². The normalized spacial score (nSPS) is 14.6. The molecule has 2 aliphatic rings. The summed E-state index contributed by atoms with van der Waals surface area (Å²) in [4.78, 5) is 13.5. The molecule has 4 aromatic rings. The fourth-order valence-electron chi connectivity index (χ4n) is 5.17. The van der Waals surface area contributed by atoms with Crippen LogP contribution >= 0.6 is 34.0 Å². The maximum Gasteiger partial charge on any atom is 0 e. The Labute approximate surface area is 322 Å². The summed E-state index contributed by atoms with van der Waals surface area (Å²) in [6.07, 6.45) is 19.8. The van der Waals surface area contributed by atoms with Crippen LogP contribution in [-0.2, 0) is 42.5 Å². The molecule has 2 saturated carbocycles. The zero-order chi connectivity index (χ0) is 33.9. The summed E-state index contributed by atoms with van der Waals surface area (Å²) < 4.78 is 11.1. The molecule has 0 atom stereocenters. The standard InChI is InChI=1S/C35H32NO2P2.C5H5.2ClH.Fe.Pd/c1-2-38-35(37)34(27-29-17-15-16-18-29)36-40(32-23-11-5-12-24-32,33-25-13-6-14-26-33)28-39(30-19-7-3-8-20-30)31-21-9-4-10-22-31;1-2-4-5-3-1;;;;/h3-27H,2,28H2,1H3;1-5H;2*1H;;/q;;;;;+2/p-1/b34-27+;;;;;. The monoisotopic (exact) mass is 858 g/mol. The molecule has 0 unspecified atom stereocenters. The minimum atomic E-state index is -2.54. The summed E-state index contributed by atoms with van der Waals surface area (Å²) in [5.41, 5.74) is 0.358. The van der Waals surface area contributed by atoms with Crippen molar-refractivity contribution in [2.75, 3.05) is 12.5 Å². The smallest absolute Gasteiger partial charge is 0 e. The minimum absolute atomic E-state index is 0. The van der Waals surface area contributed by atoms with E-state index >= 15 is 0 Å². The van der Waals surface area contributed by atoms with Crippen LogP contribution in [0.5, 0.6) is 0 Å². The first-order chi connectivity index (χ1) is 23.6. The predicted octanol–water partition coefficient (Wildman–Crippen LogP) is 8.91. The van der Waals surface area contributed by atoms with Crippen LogP contribution in [0, 0.1) is 63.7 Å². The van der Waals surface area contributed by atoms with Crippen LogP contribution < -0.4 is 21.2 Å². The number of esters is 1. The Balaban J connectivity index is 0.000000643. The quantitative estimate of drug-likeness (QED) is 0.0692. The van der Waals surface area contributed by atoms with Gasteiger partial charge in [-0.25, -0.2) is 9.54 Å². The third kappa shape index (κ3) is 13.2. The molecule has 0 amide bonds. The number of hydrogen-bond donors (Lipinski definition) is 0. The molecule has 0 aliphatic heterocycles. The van der Waals surface area contributed by atoms with Crippen molar-refractivity contribution in [3.63, 3.8) is 0 Å². The van der Waals surface area contributed by atoms with Crippen molar-refractivity contribution in [2.45, 2.75) is 6.92 Å². The van der Waals surface area contributed by atoms with Crippen LogP contribution in [0.1, 0.15) is 6.92 Å². The number of carbonyl (C=O) groups excluding carboxylic acids is 1. The number of benzene rings is 4. The molecule has 3 nitrogen and oxygen atoms in total. The molecule has 2 fully saturated rings. The van der Waals surface area contributed by atoms with E-state index < -0.39 is 20.9 Å². The van der Waals surface area contributed by atoms with Gasteiger partial charge in [0.15, 0.2) is 0 Å². The molecule has 4 aromatic carbocycles. The third-order valence-corrected chi connectivity index (χ3v) is 15.3. The second-order valence-corrected chi connectivity index (χ2v) is 18.9. The molecule has 0 heterocycles. The van der Waals surface area contributed by atoms with Gasteiger partial charge in [0.2, 0.25) is 0 Å². The molecular formula is C40H38Cl2FeNO2P2Pd+. The Bertz CT molecular complexity index is 1480. The van der Waals surface area contributed by atoms with Crippen molar-refractivity contribution in [3.8, 4) is 0 Å². The summed E-state index contributed by atoms with van der Waals surface area (Å²) in [6, 6.07) is 42.6. The molecule has 0 bridgehead atoms. The number of hydrogen-bond acceptors (Lipinski definition) is 3. The molecule has 0 N–H and O–H groups in total. The average Bonchev–Trinajstić information content (AvgIpc) is 3.90. The van der Waals surface area contributed by atoms with E-state index in [4.69, 9.17) is 28.5 Å². The summed E-state index contributed by atoms with van der Waals surface area (Å²) >= 11 is -0.106. The van der Waals surface area contributed by atoms with Crippen molar-refractivity contribution in [1.29, 1.82) is 0 Å². The maximum atomic E-state index is 13.5. The van der Waals surface area contributed by atoms with Crippen molar-refractivity contribution < 1.29 is 42.5 Å². The second-order valence-electron chi connectivity index (χ2n) is 10.4. The van der Waals surface area contributed by atoms with Gasteiger partial charge in [0, 0.05) is 23.0 Å². The fraction of sp³-hybridized carbons (Fsp3) is 0.0750. The Morgan fingerprint density at radius 1 is 0.694 bits per heavy atom. The van der Waals surface area contributed by atoms with Crippen molar-refractivity contribution in [3.05, 3.63) is 197 Å². The van der Waals surface area contributed by atoms with Gasteiger partial charge in [0.1, 0.15) is 11.6 Å². The number of nitrogens with zero attached hydrogens (tertiary/aromatic N) is 1. The van der Waals surface area contributed by atoms with E-state index in [1.165, 1.54) is 10.6 Å². The fourth-order valence-corrected chi connectivity index (χ4v) is 14.1. The Morgan fingerprint density at radius 2 is 1.08 bits per heavy atom. The zero-order valence-electron chi connectivity index (χ0n) is 26.9. The van der Waals surface area contributed by atoms with Crippen LogP contribution in [0.25, 0.3) is 0 Å². The summed E-state index contributed by atoms with van der Waals surface area (Å²) in [5, 5.41) is 4.94. The molecular weight excluding hydrogens is 822 g/mol. The van der Waals surface area contributed by atoms with E-state index in [-0.39, 0.29) is 39.6 Å². The topological polar surface area (TPSA) is 38.7 Å². The SMILES string of the molecule is CCOC(=O)/C(=C\[C]1[CH][CH][CH][CH]1)N=P(C[PH+](c1ccccc1)c1ccccc1)(c1ccccc1)c1ccccc1.[CH]1[CH][CH][CH][CH]1.[Cl][Pd][Cl].[Fe]. The number of ether oxygens (including phenoxy) is 1. The molecule has 0 aromatic heterocycles. The van der Waals surface area contributed by atoms with Crippen LogP contribution in [0.2, 0.25) is 0 Å². The number of halogens is 2. The summed E-state index contributed by atoms with van der Waals surface area (Å²) in [6.45, 7) is 2.12. The summed E-state index contributed by atoms with van der Waals surface area (Å²) in [5.74, 6) is 1.35. The minimum Gasteiger partial charge on any atom is 0 e. The molecule has 9 heteroatoms. The molecule has 10 radical (unpaired) electrons. The Morgan fingerprint density at radius 3 is 1.47 bits per heavy atom. The van der Waals surface area contributed by atoms with Gasteiger partial charge >= 0.3 is 41.0 Å². The molecule has 256 valence electrons. The van der Waals surface area contributed by atoms with E-state index in [1.54, 1.807) is 0 Å². The Hall–Kier alpha value is -1.49. The van der Waals surface area contributed by atoms with Gasteiger partial charge in [-0.1, -0.05) is 97.1 Å². The number of carbonyl (C=O) groups is 1. The van der Waals surface area contributed by atoms with E-state index in [9.17, 15) is 4.79 Å². The van der Waals surface area contributed by atoms with Crippen molar-refractivity contribution in [2.24, 2.45) is 4.74 Å². The molecule has 0 saturated heterocycles. The molecule has 2 aliphatic carbocycles.